The van der Waals surface area contributed by atoms with Gasteiger partial charge in [0.1, 0.15) is 12.1 Å². The van der Waals surface area contributed by atoms with Crippen molar-refractivity contribution < 1.29 is 14.3 Å². The van der Waals surface area contributed by atoms with Gasteiger partial charge in [-0.25, -0.2) is 4.79 Å². The van der Waals surface area contributed by atoms with Crippen LogP contribution in [0.4, 0.5) is 5.82 Å². The topological polar surface area (TPSA) is 98.1 Å². The molecular weight excluding hydrogens is 294 g/mol. The van der Waals surface area contributed by atoms with Crippen LogP contribution in [0.25, 0.3) is 0 Å². The Bertz CT molecular complexity index is 546. The number of nitrogens with one attached hydrogen (secondary N) is 1. The molecule has 126 valence electrons. The Morgan fingerprint density at radius 2 is 1.91 bits per heavy atom. The third kappa shape index (κ3) is 3.41. The fraction of sp³-hybridized carbons (Fsp3) is 0.706. The number of anilines is 1. The molecular formula is C17H25N3O3. The largest absolute Gasteiger partial charge is 0.461 e. The van der Waals surface area contributed by atoms with E-state index >= 15 is 0 Å². The highest BCUT2D eigenvalue weighted by atomic mass is 16.5. The zero-order chi connectivity index (χ0) is 16.4. The van der Waals surface area contributed by atoms with Crippen molar-refractivity contribution in [3.8, 4) is 0 Å². The fourth-order valence-corrected chi connectivity index (χ4v) is 4.97. The van der Waals surface area contributed by atoms with Crippen molar-refractivity contribution in [3.63, 3.8) is 0 Å². The molecule has 0 aliphatic heterocycles. The molecule has 0 unspecified atom stereocenters. The molecule has 1 aromatic heterocycles. The zero-order valence-electron chi connectivity index (χ0n) is 13.6. The van der Waals surface area contributed by atoms with E-state index in [0.717, 1.165) is 17.8 Å². The fourth-order valence-electron chi connectivity index (χ4n) is 4.97. The van der Waals surface area contributed by atoms with E-state index in [0.29, 0.717) is 12.4 Å². The maximum Gasteiger partial charge on any atom is 0.358 e. The van der Waals surface area contributed by atoms with Crippen LogP contribution in [0.2, 0.25) is 0 Å². The second-order valence-corrected chi connectivity index (χ2v) is 7.33. The number of carbonyl (C=O) groups excluding carboxylic acids is 2. The summed E-state index contributed by atoms with van der Waals surface area (Å²) in [7, 11) is 0. The van der Waals surface area contributed by atoms with Gasteiger partial charge in [-0.1, -0.05) is 0 Å². The first-order chi connectivity index (χ1) is 11.0. The molecule has 0 saturated heterocycles. The van der Waals surface area contributed by atoms with E-state index in [1.54, 1.807) is 6.92 Å². The van der Waals surface area contributed by atoms with Gasteiger partial charge in [-0.3, -0.25) is 5.10 Å². The zero-order valence-corrected chi connectivity index (χ0v) is 13.6. The molecule has 4 saturated carbocycles. The number of rotatable bonds is 3. The van der Waals surface area contributed by atoms with E-state index in [9.17, 15) is 9.59 Å². The molecule has 4 aliphatic rings. The standard InChI is InChI=1S/C11H16O.C6H9N3O2/c12-7-11-4-8-1-9(5-11)3-10(2-8)6-11;1-2-11-6(10)4-3-5(7)9-8-4/h7-10H,1-6H2;3H,2H2,1H3,(H3,7,8,9). The summed E-state index contributed by atoms with van der Waals surface area (Å²) in [6, 6.07) is 1.43. The molecule has 4 fully saturated rings. The van der Waals surface area contributed by atoms with Gasteiger partial charge in [-0.2, -0.15) is 5.10 Å². The molecule has 0 atom stereocenters. The number of nitrogens with zero attached hydrogens (tertiary/aromatic N) is 1. The predicted molar refractivity (Wildman–Crippen MR) is 85.6 cm³/mol. The van der Waals surface area contributed by atoms with Crippen LogP contribution in [-0.2, 0) is 9.53 Å². The highest BCUT2D eigenvalue weighted by molar-refractivity contribution is 5.87. The van der Waals surface area contributed by atoms with Crippen LogP contribution in [0.1, 0.15) is 55.9 Å². The first-order valence-corrected chi connectivity index (χ1v) is 8.48. The lowest BCUT2D eigenvalue weighted by Crippen LogP contribution is -2.46. The predicted octanol–water partition coefficient (Wildman–Crippen LogP) is 2.57. The number of nitrogen functional groups attached to an aromatic ring is 1. The van der Waals surface area contributed by atoms with Crippen molar-refractivity contribution in [3.05, 3.63) is 11.8 Å². The average Bonchev–Trinajstić information content (AvgIpc) is 2.94. The molecule has 4 bridgehead atoms. The van der Waals surface area contributed by atoms with Crippen LogP contribution in [0.3, 0.4) is 0 Å². The molecule has 0 amide bonds. The first-order valence-electron chi connectivity index (χ1n) is 8.48. The Morgan fingerprint density at radius 1 is 1.35 bits per heavy atom. The van der Waals surface area contributed by atoms with Gasteiger partial charge in [0.05, 0.1) is 6.61 Å². The van der Waals surface area contributed by atoms with Gasteiger partial charge >= 0.3 is 5.97 Å². The Morgan fingerprint density at radius 3 is 2.30 bits per heavy atom. The van der Waals surface area contributed by atoms with Crippen LogP contribution >= 0.6 is 0 Å². The van der Waals surface area contributed by atoms with Crippen LogP contribution in [-0.4, -0.2) is 29.1 Å². The van der Waals surface area contributed by atoms with Gasteiger partial charge in [0, 0.05) is 11.5 Å². The number of aromatic amines is 1. The first kappa shape index (κ1) is 16.0. The van der Waals surface area contributed by atoms with E-state index in [-0.39, 0.29) is 11.1 Å². The summed E-state index contributed by atoms with van der Waals surface area (Å²) in [5.41, 5.74) is 5.66. The number of carbonyl (C=O) groups is 2. The Labute approximate surface area is 136 Å². The van der Waals surface area contributed by atoms with E-state index in [2.05, 4.69) is 14.9 Å². The van der Waals surface area contributed by atoms with Gasteiger partial charge in [0.15, 0.2) is 5.69 Å². The second-order valence-electron chi connectivity index (χ2n) is 7.33. The van der Waals surface area contributed by atoms with E-state index in [1.807, 2.05) is 0 Å². The van der Waals surface area contributed by atoms with Gasteiger partial charge in [0.25, 0.3) is 0 Å². The Hall–Kier alpha value is -1.85. The third-order valence-corrected chi connectivity index (χ3v) is 5.42. The number of H-pyrrole nitrogens is 1. The molecule has 0 aromatic carbocycles. The van der Waals surface area contributed by atoms with Crippen molar-refractivity contribution in [1.29, 1.82) is 0 Å². The highest BCUT2D eigenvalue weighted by Crippen LogP contribution is 2.58. The number of aromatic nitrogens is 2. The molecule has 1 heterocycles. The molecule has 1 aromatic rings. The minimum atomic E-state index is -0.458. The lowest BCUT2D eigenvalue weighted by Gasteiger charge is -2.54. The quantitative estimate of drug-likeness (QED) is 0.659. The van der Waals surface area contributed by atoms with Crippen molar-refractivity contribution in [2.24, 2.45) is 23.2 Å². The highest BCUT2D eigenvalue weighted by Gasteiger charge is 2.50. The van der Waals surface area contributed by atoms with E-state index < -0.39 is 5.97 Å². The number of hydrogen-bond acceptors (Lipinski definition) is 5. The second kappa shape index (κ2) is 6.34. The average molecular weight is 319 g/mol. The number of ether oxygens (including phenoxy) is 1. The van der Waals surface area contributed by atoms with Crippen molar-refractivity contribution in [2.45, 2.75) is 45.4 Å². The third-order valence-electron chi connectivity index (χ3n) is 5.42. The van der Waals surface area contributed by atoms with E-state index in [4.69, 9.17) is 5.73 Å². The maximum absolute atomic E-state index is 11.1. The van der Waals surface area contributed by atoms with Crippen LogP contribution in [0.15, 0.2) is 6.07 Å². The molecule has 6 heteroatoms. The number of aldehydes is 1. The Kier molecular flexibility index (Phi) is 4.41. The minimum Gasteiger partial charge on any atom is -0.461 e. The summed E-state index contributed by atoms with van der Waals surface area (Å²) < 4.78 is 4.66. The van der Waals surface area contributed by atoms with Crippen molar-refractivity contribution in [1.82, 2.24) is 10.2 Å². The van der Waals surface area contributed by atoms with Gasteiger partial charge < -0.3 is 15.3 Å². The smallest absolute Gasteiger partial charge is 0.358 e. The Balaban J connectivity index is 0.000000137. The maximum atomic E-state index is 11.1. The lowest BCUT2D eigenvalue weighted by atomic mass is 9.50. The SMILES string of the molecule is CCOC(=O)c1cc(N)[nH]n1.O=CC12CC3CC(CC(C3)C1)C2. The molecule has 6 nitrogen and oxygen atoms in total. The van der Waals surface area contributed by atoms with E-state index in [1.165, 1.54) is 50.9 Å². The monoisotopic (exact) mass is 319 g/mol. The summed E-state index contributed by atoms with van der Waals surface area (Å²) in [5.74, 6) is 2.65. The number of hydrogen-bond donors (Lipinski definition) is 2. The molecule has 5 rings (SSSR count). The molecule has 4 aliphatic carbocycles. The number of esters is 1. The molecule has 0 radical (unpaired) electrons. The summed E-state index contributed by atoms with van der Waals surface area (Å²) in [6.45, 7) is 2.07. The van der Waals surface area contributed by atoms with Gasteiger partial charge in [-0.15, -0.1) is 0 Å². The summed E-state index contributed by atoms with van der Waals surface area (Å²) >= 11 is 0. The molecule has 3 N–H and O–H groups in total. The summed E-state index contributed by atoms with van der Waals surface area (Å²) in [5, 5.41) is 6.04. The normalized spacial score (nSPS) is 33.7. The van der Waals surface area contributed by atoms with Crippen molar-refractivity contribution in [2.75, 3.05) is 12.3 Å². The summed E-state index contributed by atoms with van der Waals surface area (Å²) in [6.07, 6.45) is 9.28. The molecule has 0 spiro atoms. The minimum absolute atomic E-state index is 0.161. The molecule has 23 heavy (non-hydrogen) atoms. The van der Waals surface area contributed by atoms with Gasteiger partial charge in [-0.05, 0) is 63.2 Å². The number of nitrogens with two attached hydrogens (primary N) is 1. The summed E-state index contributed by atoms with van der Waals surface area (Å²) in [4.78, 5) is 22.0. The van der Waals surface area contributed by atoms with Crippen LogP contribution in [0.5, 0.6) is 0 Å². The van der Waals surface area contributed by atoms with Crippen LogP contribution < -0.4 is 5.73 Å². The van der Waals surface area contributed by atoms with Crippen LogP contribution in [0, 0.1) is 23.2 Å². The van der Waals surface area contributed by atoms with Gasteiger partial charge in [0.2, 0.25) is 0 Å². The lowest BCUT2D eigenvalue weighted by molar-refractivity contribution is -0.130. The van der Waals surface area contributed by atoms with Crippen molar-refractivity contribution >= 4 is 18.1 Å².